The predicted molar refractivity (Wildman–Crippen MR) is 38.7 cm³/mol. The number of hydrogen-bond acceptors (Lipinski definition) is 5. The highest BCUT2D eigenvalue weighted by molar-refractivity contribution is 5.71. The van der Waals surface area contributed by atoms with Crippen molar-refractivity contribution in [3.63, 3.8) is 0 Å². The zero-order chi connectivity index (χ0) is 8.81. The molecule has 1 aliphatic heterocycles. The van der Waals surface area contributed by atoms with Crippen molar-refractivity contribution in [2.75, 3.05) is 26.3 Å². The number of rotatable bonds is 2. The van der Waals surface area contributed by atoms with E-state index in [-0.39, 0.29) is 6.42 Å². The molecule has 0 aromatic rings. The summed E-state index contributed by atoms with van der Waals surface area (Å²) in [4.78, 5) is 15.6. The molecule has 5 nitrogen and oxygen atoms in total. The van der Waals surface area contributed by atoms with Crippen molar-refractivity contribution in [1.29, 1.82) is 5.26 Å². The fraction of sp³-hybridized carbons (Fsp3) is 0.714. The molecule has 12 heavy (non-hydrogen) atoms. The largest absolute Gasteiger partial charge is 0.379 e. The van der Waals surface area contributed by atoms with E-state index >= 15 is 0 Å². The Morgan fingerprint density at radius 1 is 1.58 bits per heavy atom. The average molecular weight is 170 g/mol. The second-order valence-corrected chi connectivity index (χ2v) is 2.34. The molecule has 0 radical (unpaired) electrons. The molecule has 0 aromatic heterocycles. The smallest absolute Gasteiger partial charge is 0.339 e. The van der Waals surface area contributed by atoms with E-state index in [4.69, 9.17) is 14.8 Å². The standard InChI is InChI=1S/C7H10N2O3/c8-2-1-7(10)12-9-3-5-11-6-4-9/h1,3-6H2. The van der Waals surface area contributed by atoms with Gasteiger partial charge in [0.25, 0.3) is 0 Å². The summed E-state index contributed by atoms with van der Waals surface area (Å²) in [5.41, 5.74) is 0. The van der Waals surface area contributed by atoms with Gasteiger partial charge in [-0.15, -0.1) is 5.06 Å². The molecular weight excluding hydrogens is 160 g/mol. The quantitative estimate of drug-likeness (QED) is 0.568. The highest BCUT2D eigenvalue weighted by Gasteiger charge is 2.14. The molecule has 1 heterocycles. The molecule has 0 saturated carbocycles. The van der Waals surface area contributed by atoms with Gasteiger partial charge in [0.1, 0.15) is 6.42 Å². The van der Waals surface area contributed by atoms with Crippen LogP contribution < -0.4 is 0 Å². The molecule has 0 aliphatic carbocycles. The Morgan fingerprint density at radius 2 is 2.25 bits per heavy atom. The Kier molecular flexibility index (Phi) is 3.51. The van der Waals surface area contributed by atoms with Crippen LogP contribution in [0.1, 0.15) is 6.42 Å². The van der Waals surface area contributed by atoms with Crippen LogP contribution in [0.5, 0.6) is 0 Å². The van der Waals surface area contributed by atoms with Crippen LogP contribution >= 0.6 is 0 Å². The molecule has 5 heteroatoms. The second kappa shape index (κ2) is 4.70. The number of hydrogen-bond donors (Lipinski definition) is 0. The van der Waals surface area contributed by atoms with E-state index in [0.717, 1.165) is 0 Å². The van der Waals surface area contributed by atoms with Gasteiger partial charge in [0.05, 0.1) is 32.4 Å². The third kappa shape index (κ3) is 2.86. The van der Waals surface area contributed by atoms with E-state index in [1.807, 2.05) is 0 Å². The molecule has 1 rings (SSSR count). The molecule has 1 aliphatic rings. The lowest BCUT2D eigenvalue weighted by molar-refractivity contribution is -0.204. The molecule has 0 aromatic carbocycles. The van der Waals surface area contributed by atoms with E-state index in [2.05, 4.69) is 0 Å². The summed E-state index contributed by atoms with van der Waals surface area (Å²) in [6.45, 7) is 2.30. The topological polar surface area (TPSA) is 62.6 Å². The molecule has 1 fully saturated rings. The van der Waals surface area contributed by atoms with Crippen molar-refractivity contribution in [2.45, 2.75) is 6.42 Å². The van der Waals surface area contributed by atoms with Crippen LogP contribution in [0.3, 0.4) is 0 Å². The van der Waals surface area contributed by atoms with Crippen molar-refractivity contribution in [2.24, 2.45) is 0 Å². The Hall–Kier alpha value is -1.12. The lowest BCUT2D eigenvalue weighted by Crippen LogP contribution is -2.37. The minimum atomic E-state index is -0.501. The fourth-order valence-electron chi connectivity index (χ4n) is 0.879. The summed E-state index contributed by atoms with van der Waals surface area (Å²) in [5.74, 6) is -0.501. The van der Waals surface area contributed by atoms with Gasteiger partial charge in [0, 0.05) is 0 Å². The molecule has 1 saturated heterocycles. The van der Waals surface area contributed by atoms with Crippen molar-refractivity contribution >= 4 is 5.97 Å². The highest BCUT2D eigenvalue weighted by Crippen LogP contribution is 1.98. The number of hydroxylamine groups is 2. The van der Waals surface area contributed by atoms with E-state index in [1.165, 1.54) is 5.06 Å². The molecule has 0 spiro atoms. The van der Waals surface area contributed by atoms with E-state index < -0.39 is 5.97 Å². The van der Waals surface area contributed by atoms with Gasteiger partial charge < -0.3 is 9.57 Å². The summed E-state index contributed by atoms with van der Waals surface area (Å²) < 4.78 is 5.04. The molecular formula is C7H10N2O3. The first-order valence-electron chi connectivity index (χ1n) is 3.73. The SMILES string of the molecule is N#CCC(=O)ON1CCOCC1. The van der Waals surface area contributed by atoms with Crippen LogP contribution in [0.4, 0.5) is 0 Å². The van der Waals surface area contributed by atoms with Gasteiger partial charge in [-0.3, -0.25) is 0 Å². The summed E-state index contributed by atoms with van der Waals surface area (Å²) in [7, 11) is 0. The van der Waals surface area contributed by atoms with Gasteiger partial charge in [-0.05, 0) is 0 Å². The molecule has 0 atom stereocenters. The van der Waals surface area contributed by atoms with E-state index in [1.54, 1.807) is 6.07 Å². The average Bonchev–Trinajstić information content (AvgIpc) is 2.06. The minimum Gasteiger partial charge on any atom is -0.379 e. The predicted octanol–water partition coefficient (Wildman–Crippen LogP) is -0.310. The van der Waals surface area contributed by atoms with Gasteiger partial charge in [0.15, 0.2) is 0 Å². The van der Waals surface area contributed by atoms with Gasteiger partial charge in [-0.2, -0.15) is 5.26 Å². The number of morpholine rings is 1. The normalized spacial score (nSPS) is 18.2. The van der Waals surface area contributed by atoms with Crippen molar-refractivity contribution < 1.29 is 14.4 Å². The summed E-state index contributed by atoms with van der Waals surface area (Å²) >= 11 is 0. The summed E-state index contributed by atoms with van der Waals surface area (Å²) in [6.07, 6.45) is -0.197. The fourth-order valence-corrected chi connectivity index (χ4v) is 0.879. The number of ether oxygens (including phenoxy) is 1. The van der Waals surface area contributed by atoms with E-state index in [9.17, 15) is 4.79 Å². The third-order valence-corrected chi connectivity index (χ3v) is 1.42. The number of carbonyl (C=O) groups is 1. The van der Waals surface area contributed by atoms with Gasteiger partial charge >= 0.3 is 5.97 Å². The molecule has 0 amide bonds. The van der Waals surface area contributed by atoms with Crippen molar-refractivity contribution in [3.8, 4) is 6.07 Å². The first kappa shape index (κ1) is 8.97. The first-order valence-corrected chi connectivity index (χ1v) is 3.73. The highest BCUT2D eigenvalue weighted by atomic mass is 16.7. The Morgan fingerprint density at radius 3 is 2.83 bits per heavy atom. The zero-order valence-corrected chi connectivity index (χ0v) is 6.65. The van der Waals surface area contributed by atoms with Crippen LogP contribution in [0.2, 0.25) is 0 Å². The second-order valence-electron chi connectivity index (χ2n) is 2.34. The zero-order valence-electron chi connectivity index (χ0n) is 6.65. The van der Waals surface area contributed by atoms with E-state index in [0.29, 0.717) is 26.3 Å². The Bertz CT molecular complexity index is 193. The molecule has 0 N–H and O–H groups in total. The summed E-state index contributed by atoms with van der Waals surface area (Å²) in [6, 6.07) is 1.72. The lowest BCUT2D eigenvalue weighted by atomic mass is 10.5. The molecule has 0 unspecified atom stereocenters. The van der Waals surface area contributed by atoms with Crippen LogP contribution in [0, 0.1) is 11.3 Å². The minimum absolute atomic E-state index is 0.197. The number of nitrogens with zero attached hydrogens (tertiary/aromatic N) is 2. The van der Waals surface area contributed by atoms with Crippen molar-refractivity contribution in [1.82, 2.24) is 5.06 Å². The van der Waals surface area contributed by atoms with Gasteiger partial charge in [-0.25, -0.2) is 4.79 Å². The van der Waals surface area contributed by atoms with Crippen LogP contribution in [-0.2, 0) is 14.4 Å². The lowest BCUT2D eigenvalue weighted by Gasteiger charge is -2.24. The van der Waals surface area contributed by atoms with Crippen LogP contribution in [0.25, 0.3) is 0 Å². The Labute approximate surface area is 70.4 Å². The van der Waals surface area contributed by atoms with Crippen LogP contribution in [-0.4, -0.2) is 37.3 Å². The van der Waals surface area contributed by atoms with Gasteiger partial charge in [0.2, 0.25) is 0 Å². The maximum Gasteiger partial charge on any atom is 0.339 e. The Balaban J connectivity index is 2.21. The maximum absolute atomic E-state index is 10.8. The molecule has 66 valence electrons. The van der Waals surface area contributed by atoms with Gasteiger partial charge in [-0.1, -0.05) is 0 Å². The van der Waals surface area contributed by atoms with Crippen LogP contribution in [0.15, 0.2) is 0 Å². The van der Waals surface area contributed by atoms with Crippen molar-refractivity contribution in [3.05, 3.63) is 0 Å². The third-order valence-electron chi connectivity index (χ3n) is 1.42. The molecule has 0 bridgehead atoms. The first-order chi connectivity index (χ1) is 5.83. The summed E-state index contributed by atoms with van der Waals surface area (Å²) in [5, 5.41) is 9.69. The number of carbonyl (C=O) groups excluding carboxylic acids is 1. The number of nitriles is 1. The monoisotopic (exact) mass is 170 g/mol. The maximum atomic E-state index is 10.8.